The molecular weight excluding hydrogens is 381 g/mol. The molecule has 3 aromatic carbocycles. The highest BCUT2D eigenvalue weighted by Gasteiger charge is 2.33. The van der Waals surface area contributed by atoms with E-state index in [-0.39, 0.29) is 11.4 Å². The zero-order chi connectivity index (χ0) is 19.8. The number of hydrogen-bond donors (Lipinski definition) is 3. The smallest absolute Gasteiger partial charge is 0.417 e. The van der Waals surface area contributed by atoms with Gasteiger partial charge in [0.2, 0.25) is 0 Å². The fourth-order valence-corrected chi connectivity index (χ4v) is 2.93. The molecule has 0 radical (unpaired) electrons. The Hall–Kier alpha value is -2.93. The van der Waals surface area contributed by atoms with Gasteiger partial charge in [-0.25, -0.2) is 4.79 Å². The van der Waals surface area contributed by atoms with E-state index in [1.165, 1.54) is 18.2 Å². The maximum absolute atomic E-state index is 12.9. The van der Waals surface area contributed by atoms with Crippen LogP contribution in [0.5, 0.6) is 5.75 Å². The van der Waals surface area contributed by atoms with Crippen molar-refractivity contribution >= 4 is 39.8 Å². The molecule has 2 amide bonds. The third-order valence-corrected chi connectivity index (χ3v) is 4.33. The summed E-state index contributed by atoms with van der Waals surface area (Å²) in [6, 6.07) is 10.6. The lowest BCUT2D eigenvalue weighted by molar-refractivity contribution is -0.137. The second kappa shape index (κ2) is 7.00. The van der Waals surface area contributed by atoms with Gasteiger partial charge in [-0.3, -0.25) is 0 Å². The molecule has 0 saturated carbocycles. The first-order chi connectivity index (χ1) is 12.6. The Morgan fingerprint density at radius 3 is 2.44 bits per heavy atom. The molecule has 0 spiro atoms. The third kappa shape index (κ3) is 4.09. The number of carbonyl (C=O) groups is 1. The van der Waals surface area contributed by atoms with Crippen LogP contribution in [0, 0.1) is 6.92 Å². The fourth-order valence-electron chi connectivity index (χ4n) is 2.70. The summed E-state index contributed by atoms with van der Waals surface area (Å²) in [6.45, 7) is 1.88. The number of benzene rings is 3. The van der Waals surface area contributed by atoms with Gasteiger partial charge >= 0.3 is 12.2 Å². The Balaban J connectivity index is 1.86. The number of nitrogens with one attached hydrogen (secondary N) is 2. The minimum absolute atomic E-state index is 0.0316. The van der Waals surface area contributed by atoms with E-state index in [2.05, 4.69) is 10.6 Å². The molecule has 0 heterocycles. The Kier molecular flexibility index (Phi) is 4.89. The highest BCUT2D eigenvalue weighted by Crippen LogP contribution is 2.36. The SMILES string of the molecule is Cc1ccc(NC(=O)Nc2ccc(Cl)c(C(F)(F)F)c2)c2cc(O)ccc12. The van der Waals surface area contributed by atoms with E-state index in [1.807, 2.05) is 6.92 Å². The normalized spacial score (nSPS) is 11.4. The number of aryl methyl sites for hydroxylation is 1. The van der Waals surface area contributed by atoms with Crippen LogP contribution in [0.4, 0.5) is 29.3 Å². The standard InChI is InChI=1S/C19H14ClF3N2O2/c1-10-2-7-17(14-9-12(26)4-5-13(10)14)25-18(27)24-11-3-6-16(20)15(8-11)19(21,22)23/h2-9,26H,1H3,(H2,24,25,27). The quantitative estimate of drug-likeness (QED) is 0.486. The maximum Gasteiger partial charge on any atom is 0.417 e. The van der Waals surface area contributed by atoms with Gasteiger partial charge in [0.1, 0.15) is 5.75 Å². The lowest BCUT2D eigenvalue weighted by Gasteiger charge is -2.14. The van der Waals surface area contributed by atoms with Gasteiger partial charge in [0.25, 0.3) is 0 Å². The van der Waals surface area contributed by atoms with Gasteiger partial charge in [-0.15, -0.1) is 0 Å². The van der Waals surface area contributed by atoms with Crippen LogP contribution >= 0.6 is 11.6 Å². The number of alkyl halides is 3. The van der Waals surface area contributed by atoms with Gasteiger partial charge in [0.15, 0.2) is 0 Å². The number of urea groups is 1. The molecule has 27 heavy (non-hydrogen) atoms. The van der Waals surface area contributed by atoms with Crippen LogP contribution in [0.25, 0.3) is 10.8 Å². The average Bonchev–Trinajstić information content (AvgIpc) is 2.58. The number of hydrogen-bond acceptors (Lipinski definition) is 2. The van der Waals surface area contributed by atoms with Crippen molar-refractivity contribution in [3.8, 4) is 5.75 Å². The van der Waals surface area contributed by atoms with Gasteiger partial charge in [0.05, 0.1) is 16.3 Å². The number of aromatic hydroxyl groups is 1. The minimum atomic E-state index is -4.63. The second-order valence-electron chi connectivity index (χ2n) is 5.93. The molecule has 3 rings (SSSR count). The molecule has 4 nitrogen and oxygen atoms in total. The summed E-state index contributed by atoms with van der Waals surface area (Å²) in [4.78, 5) is 12.2. The van der Waals surface area contributed by atoms with Crippen LogP contribution in [0.15, 0.2) is 48.5 Å². The Morgan fingerprint density at radius 1 is 1.00 bits per heavy atom. The summed E-state index contributed by atoms with van der Waals surface area (Å²) >= 11 is 5.57. The molecule has 0 aliphatic rings. The monoisotopic (exact) mass is 394 g/mol. The van der Waals surface area contributed by atoms with E-state index in [9.17, 15) is 23.1 Å². The first-order valence-corrected chi connectivity index (χ1v) is 8.20. The summed E-state index contributed by atoms with van der Waals surface area (Å²) in [5, 5.41) is 15.6. The molecule has 0 aliphatic carbocycles. The number of fused-ring (bicyclic) bond motifs is 1. The first-order valence-electron chi connectivity index (χ1n) is 7.82. The predicted octanol–water partition coefficient (Wildman–Crippen LogP) is 6.17. The third-order valence-electron chi connectivity index (χ3n) is 4.00. The van der Waals surface area contributed by atoms with Crippen LogP contribution in [-0.4, -0.2) is 11.1 Å². The van der Waals surface area contributed by atoms with Gasteiger partial charge in [0, 0.05) is 11.1 Å². The Morgan fingerprint density at radius 2 is 1.74 bits per heavy atom. The zero-order valence-corrected chi connectivity index (χ0v) is 14.7. The Bertz CT molecular complexity index is 1040. The van der Waals surface area contributed by atoms with Gasteiger partial charge < -0.3 is 15.7 Å². The van der Waals surface area contributed by atoms with Crippen LogP contribution in [0.2, 0.25) is 5.02 Å². The summed E-state index contributed by atoms with van der Waals surface area (Å²) in [5.41, 5.74) is 0.272. The second-order valence-corrected chi connectivity index (χ2v) is 6.34. The van der Waals surface area contributed by atoms with Crippen molar-refractivity contribution in [2.24, 2.45) is 0 Å². The topological polar surface area (TPSA) is 61.4 Å². The molecule has 0 atom stereocenters. The van der Waals surface area contributed by atoms with Crippen molar-refractivity contribution in [3.63, 3.8) is 0 Å². The highest BCUT2D eigenvalue weighted by molar-refractivity contribution is 6.31. The van der Waals surface area contributed by atoms with E-state index < -0.39 is 22.8 Å². The fraction of sp³-hybridized carbons (Fsp3) is 0.105. The predicted molar refractivity (Wildman–Crippen MR) is 99.4 cm³/mol. The number of rotatable bonds is 2. The highest BCUT2D eigenvalue weighted by atomic mass is 35.5. The average molecular weight is 395 g/mol. The summed E-state index contributed by atoms with van der Waals surface area (Å²) in [5.74, 6) is 0.0316. The van der Waals surface area contributed by atoms with Crippen molar-refractivity contribution in [1.29, 1.82) is 0 Å². The van der Waals surface area contributed by atoms with Gasteiger partial charge in [-0.05, 0) is 54.3 Å². The number of amides is 2. The van der Waals surface area contributed by atoms with Gasteiger partial charge in [-0.1, -0.05) is 23.7 Å². The van der Waals surface area contributed by atoms with E-state index >= 15 is 0 Å². The van der Waals surface area contributed by atoms with E-state index in [0.29, 0.717) is 11.1 Å². The number of phenolic OH excluding ortho intramolecular Hbond substituents is 1. The molecule has 0 aliphatic heterocycles. The van der Waals surface area contributed by atoms with Crippen LogP contribution < -0.4 is 10.6 Å². The van der Waals surface area contributed by atoms with E-state index in [4.69, 9.17) is 11.6 Å². The maximum atomic E-state index is 12.9. The Labute approximate surface area is 157 Å². The number of phenols is 1. The minimum Gasteiger partial charge on any atom is -0.508 e. The van der Waals surface area contributed by atoms with Crippen molar-refractivity contribution in [2.75, 3.05) is 10.6 Å². The first kappa shape index (κ1) is 18.8. The summed E-state index contributed by atoms with van der Waals surface area (Å²) < 4.78 is 38.8. The van der Waals surface area contributed by atoms with Crippen molar-refractivity contribution in [2.45, 2.75) is 13.1 Å². The molecule has 3 aromatic rings. The molecule has 0 unspecified atom stereocenters. The lowest BCUT2D eigenvalue weighted by Crippen LogP contribution is -2.20. The molecule has 0 bridgehead atoms. The van der Waals surface area contributed by atoms with E-state index in [0.717, 1.165) is 23.1 Å². The van der Waals surface area contributed by atoms with Crippen LogP contribution in [0.3, 0.4) is 0 Å². The zero-order valence-electron chi connectivity index (χ0n) is 14.0. The molecule has 0 saturated heterocycles. The number of carbonyl (C=O) groups excluding carboxylic acids is 1. The lowest BCUT2D eigenvalue weighted by atomic mass is 10.0. The van der Waals surface area contributed by atoms with Gasteiger partial charge in [-0.2, -0.15) is 13.2 Å². The van der Waals surface area contributed by atoms with Crippen LogP contribution in [-0.2, 0) is 6.18 Å². The van der Waals surface area contributed by atoms with Crippen molar-refractivity contribution in [1.82, 2.24) is 0 Å². The van der Waals surface area contributed by atoms with Crippen molar-refractivity contribution in [3.05, 3.63) is 64.7 Å². The van der Waals surface area contributed by atoms with Crippen LogP contribution in [0.1, 0.15) is 11.1 Å². The van der Waals surface area contributed by atoms with E-state index in [1.54, 1.807) is 18.2 Å². The van der Waals surface area contributed by atoms with Crippen molar-refractivity contribution < 1.29 is 23.1 Å². The molecule has 3 N–H and O–H groups in total. The summed E-state index contributed by atoms with van der Waals surface area (Å²) in [7, 11) is 0. The number of halogens is 4. The molecule has 0 fully saturated rings. The molecule has 8 heteroatoms. The summed E-state index contributed by atoms with van der Waals surface area (Å²) in [6.07, 6.45) is -4.63. The molecule has 0 aromatic heterocycles. The molecular formula is C19H14ClF3N2O2. The largest absolute Gasteiger partial charge is 0.508 e. The number of anilines is 2. The molecule has 140 valence electrons.